The first-order valence-electron chi connectivity index (χ1n) is 8.36. The van der Waals surface area contributed by atoms with Gasteiger partial charge in [0, 0.05) is 26.7 Å². The molecule has 1 saturated carbocycles. The number of carbonyl (C=O) groups is 3. The van der Waals surface area contributed by atoms with Gasteiger partial charge in [0.15, 0.2) is 0 Å². The van der Waals surface area contributed by atoms with Crippen molar-refractivity contribution in [2.24, 2.45) is 17.8 Å². The molecule has 0 aromatic rings. The van der Waals surface area contributed by atoms with Gasteiger partial charge in [-0.1, -0.05) is 19.3 Å². The van der Waals surface area contributed by atoms with Gasteiger partial charge in [-0.3, -0.25) is 24.2 Å². The number of rotatable bonds is 4. The van der Waals surface area contributed by atoms with E-state index < -0.39 is 0 Å². The maximum atomic E-state index is 12.1. The van der Waals surface area contributed by atoms with E-state index in [1.165, 1.54) is 37.0 Å². The summed E-state index contributed by atoms with van der Waals surface area (Å²) >= 11 is 0. The summed E-state index contributed by atoms with van der Waals surface area (Å²) in [7, 11) is 1.55. The predicted molar refractivity (Wildman–Crippen MR) is 80.8 cm³/mol. The Hall–Kier alpha value is -1.43. The molecule has 0 bridgehead atoms. The maximum absolute atomic E-state index is 12.1. The van der Waals surface area contributed by atoms with Crippen LogP contribution in [0.5, 0.6) is 0 Å². The van der Waals surface area contributed by atoms with Crippen molar-refractivity contribution >= 4 is 17.7 Å². The van der Waals surface area contributed by atoms with Crippen LogP contribution in [0.2, 0.25) is 0 Å². The Morgan fingerprint density at radius 1 is 1.09 bits per heavy atom. The van der Waals surface area contributed by atoms with E-state index in [0.717, 1.165) is 6.54 Å². The number of hydrogen-bond acceptors (Lipinski definition) is 4. The van der Waals surface area contributed by atoms with Crippen molar-refractivity contribution in [3.05, 3.63) is 0 Å². The first kappa shape index (κ1) is 15.5. The highest BCUT2D eigenvalue weighted by molar-refractivity contribution is 6.05. The highest BCUT2D eigenvalue weighted by Crippen LogP contribution is 2.32. The minimum Gasteiger partial charge on any atom is -0.355 e. The zero-order valence-electron chi connectivity index (χ0n) is 13.2. The highest BCUT2D eigenvalue weighted by atomic mass is 16.2. The van der Waals surface area contributed by atoms with E-state index in [2.05, 4.69) is 5.32 Å². The van der Waals surface area contributed by atoms with E-state index >= 15 is 0 Å². The van der Waals surface area contributed by atoms with Crippen LogP contribution in [0.4, 0.5) is 0 Å². The summed E-state index contributed by atoms with van der Waals surface area (Å²) in [5.74, 6) is -0.0567. The third kappa shape index (κ3) is 3.02. The molecule has 0 spiro atoms. The Morgan fingerprint density at radius 2 is 1.68 bits per heavy atom. The Balaban J connectivity index is 1.43. The standard InChI is InChI=1S/C16H25N3O3/c1-18-15(21)12-8-19(9-13(12)16(18)22)10-14(20)17-7-11-5-3-2-4-6-11/h11-13H,2-10H2,1H3,(H,17,20)/t12-,13+. The molecule has 6 heteroatoms. The van der Waals surface area contributed by atoms with E-state index in [1.807, 2.05) is 4.90 Å². The molecule has 6 nitrogen and oxygen atoms in total. The van der Waals surface area contributed by atoms with Crippen molar-refractivity contribution in [1.82, 2.24) is 15.1 Å². The Kier molecular flexibility index (Phi) is 4.47. The van der Waals surface area contributed by atoms with Crippen LogP contribution >= 0.6 is 0 Å². The van der Waals surface area contributed by atoms with Crippen LogP contribution < -0.4 is 5.32 Å². The van der Waals surface area contributed by atoms with E-state index in [0.29, 0.717) is 25.6 Å². The fourth-order valence-corrected chi connectivity index (χ4v) is 4.03. The number of carbonyl (C=O) groups excluding carboxylic acids is 3. The van der Waals surface area contributed by atoms with Crippen molar-refractivity contribution in [2.75, 3.05) is 33.2 Å². The molecule has 2 atom stereocenters. The SMILES string of the molecule is CN1C(=O)[C@H]2CN(CC(=O)NCC3CCCCC3)C[C@H]2C1=O. The number of likely N-dealkylation sites (tertiary alicyclic amines) is 2. The number of fused-ring (bicyclic) bond motifs is 1. The fraction of sp³-hybridized carbons (Fsp3) is 0.812. The average Bonchev–Trinajstić information content (AvgIpc) is 3.02. The summed E-state index contributed by atoms with van der Waals surface area (Å²) in [6, 6.07) is 0. The molecule has 2 heterocycles. The molecule has 3 aliphatic rings. The molecule has 3 fully saturated rings. The molecule has 0 aromatic heterocycles. The van der Waals surface area contributed by atoms with Crippen LogP contribution in [-0.4, -0.2) is 60.7 Å². The topological polar surface area (TPSA) is 69.7 Å². The first-order chi connectivity index (χ1) is 10.6. The third-order valence-corrected chi connectivity index (χ3v) is 5.37. The van der Waals surface area contributed by atoms with Gasteiger partial charge in [0.2, 0.25) is 17.7 Å². The Bertz CT molecular complexity index is 449. The van der Waals surface area contributed by atoms with Gasteiger partial charge in [0.1, 0.15) is 0 Å². The van der Waals surface area contributed by atoms with Gasteiger partial charge in [-0.2, -0.15) is 0 Å². The van der Waals surface area contributed by atoms with E-state index in [1.54, 1.807) is 7.05 Å². The van der Waals surface area contributed by atoms with Crippen molar-refractivity contribution in [3.8, 4) is 0 Å². The van der Waals surface area contributed by atoms with E-state index in [9.17, 15) is 14.4 Å². The molecule has 1 N–H and O–H groups in total. The molecule has 3 rings (SSSR count). The van der Waals surface area contributed by atoms with Gasteiger partial charge < -0.3 is 5.32 Å². The van der Waals surface area contributed by atoms with E-state index in [4.69, 9.17) is 0 Å². The van der Waals surface area contributed by atoms with Gasteiger partial charge in [-0.25, -0.2) is 0 Å². The second-order valence-corrected chi connectivity index (χ2v) is 6.95. The second kappa shape index (κ2) is 6.36. The highest BCUT2D eigenvalue weighted by Gasteiger charge is 2.50. The van der Waals surface area contributed by atoms with Crippen LogP contribution in [0, 0.1) is 17.8 Å². The predicted octanol–water partition coefficient (Wildman–Crippen LogP) is 0.230. The minimum absolute atomic E-state index is 0.0128. The number of amides is 3. The second-order valence-electron chi connectivity index (χ2n) is 6.95. The summed E-state index contributed by atoms with van der Waals surface area (Å²) in [5.41, 5.74) is 0. The molecule has 122 valence electrons. The molecule has 0 aromatic carbocycles. The monoisotopic (exact) mass is 307 g/mol. The lowest BCUT2D eigenvalue weighted by molar-refractivity contribution is -0.139. The van der Waals surface area contributed by atoms with E-state index in [-0.39, 0.29) is 29.6 Å². The first-order valence-corrected chi connectivity index (χ1v) is 8.36. The number of imide groups is 1. The van der Waals surface area contributed by atoms with Crippen molar-refractivity contribution in [1.29, 1.82) is 0 Å². The molecule has 2 aliphatic heterocycles. The van der Waals surface area contributed by atoms with Crippen LogP contribution in [0.15, 0.2) is 0 Å². The van der Waals surface area contributed by atoms with Gasteiger partial charge >= 0.3 is 0 Å². The molecule has 22 heavy (non-hydrogen) atoms. The van der Waals surface area contributed by atoms with Gasteiger partial charge in [0.05, 0.1) is 18.4 Å². The van der Waals surface area contributed by atoms with Gasteiger partial charge in [0.25, 0.3) is 0 Å². The third-order valence-electron chi connectivity index (χ3n) is 5.37. The molecule has 3 amide bonds. The van der Waals surface area contributed by atoms with Crippen LogP contribution in [0.25, 0.3) is 0 Å². The Labute approximate surface area is 131 Å². The fourth-order valence-electron chi connectivity index (χ4n) is 4.03. The minimum atomic E-state index is -0.247. The number of hydrogen-bond donors (Lipinski definition) is 1. The molecular weight excluding hydrogens is 282 g/mol. The molecule has 1 aliphatic carbocycles. The smallest absolute Gasteiger partial charge is 0.234 e. The molecular formula is C16H25N3O3. The molecule has 2 saturated heterocycles. The lowest BCUT2D eigenvalue weighted by atomic mass is 9.89. The lowest BCUT2D eigenvalue weighted by Crippen LogP contribution is -2.40. The van der Waals surface area contributed by atoms with Crippen LogP contribution in [-0.2, 0) is 14.4 Å². The van der Waals surface area contributed by atoms with Gasteiger partial charge in [-0.15, -0.1) is 0 Å². The normalized spacial score (nSPS) is 30.0. The molecule has 0 radical (unpaired) electrons. The summed E-state index contributed by atoms with van der Waals surface area (Å²) in [5, 5.41) is 3.02. The summed E-state index contributed by atoms with van der Waals surface area (Å²) in [4.78, 5) is 39.1. The van der Waals surface area contributed by atoms with Crippen LogP contribution in [0.1, 0.15) is 32.1 Å². The summed E-state index contributed by atoms with van der Waals surface area (Å²) in [6.07, 6.45) is 6.28. The Morgan fingerprint density at radius 3 is 2.27 bits per heavy atom. The summed E-state index contributed by atoms with van der Waals surface area (Å²) in [6.45, 7) is 2.11. The summed E-state index contributed by atoms with van der Waals surface area (Å²) < 4.78 is 0. The van der Waals surface area contributed by atoms with Crippen molar-refractivity contribution in [3.63, 3.8) is 0 Å². The van der Waals surface area contributed by atoms with Crippen molar-refractivity contribution < 1.29 is 14.4 Å². The van der Waals surface area contributed by atoms with Crippen molar-refractivity contribution in [2.45, 2.75) is 32.1 Å². The molecule has 0 unspecified atom stereocenters. The lowest BCUT2D eigenvalue weighted by Gasteiger charge is -2.23. The largest absolute Gasteiger partial charge is 0.355 e. The quantitative estimate of drug-likeness (QED) is 0.755. The zero-order valence-corrected chi connectivity index (χ0v) is 13.2. The van der Waals surface area contributed by atoms with Gasteiger partial charge in [-0.05, 0) is 18.8 Å². The maximum Gasteiger partial charge on any atom is 0.234 e. The number of nitrogens with zero attached hydrogens (tertiary/aromatic N) is 2. The van der Waals surface area contributed by atoms with Crippen LogP contribution in [0.3, 0.4) is 0 Å². The number of nitrogens with one attached hydrogen (secondary N) is 1. The zero-order chi connectivity index (χ0) is 15.7. The average molecular weight is 307 g/mol.